The molecule has 2 fully saturated rings. The van der Waals surface area contributed by atoms with Crippen LogP contribution < -0.4 is 4.90 Å². The number of fused-ring (bicyclic) bond motifs is 1. The summed E-state index contributed by atoms with van der Waals surface area (Å²) in [6.07, 6.45) is 5.56. The summed E-state index contributed by atoms with van der Waals surface area (Å²) in [4.78, 5) is 28.1. The molecule has 7 nitrogen and oxygen atoms in total. The van der Waals surface area contributed by atoms with E-state index in [1.165, 1.54) is 7.11 Å². The molecule has 2 atom stereocenters. The Morgan fingerprint density at radius 2 is 2.24 bits per heavy atom. The highest BCUT2D eigenvalue weighted by Crippen LogP contribution is 2.34. The molecule has 0 aliphatic carbocycles. The van der Waals surface area contributed by atoms with Gasteiger partial charge in [-0.05, 0) is 12.8 Å². The molecule has 2 aliphatic heterocycles. The molecule has 0 spiro atoms. The minimum Gasteiger partial charge on any atom is -0.375 e. The fraction of sp³-hybridized carbons (Fsp3) is 0.643. The van der Waals surface area contributed by atoms with E-state index < -0.39 is 0 Å². The van der Waals surface area contributed by atoms with Gasteiger partial charge in [0.05, 0.1) is 24.0 Å². The van der Waals surface area contributed by atoms with E-state index in [0.29, 0.717) is 13.0 Å². The Labute approximate surface area is 123 Å². The van der Waals surface area contributed by atoms with Crippen molar-refractivity contribution in [3.8, 4) is 0 Å². The number of ether oxygens (including phenoxy) is 1. The van der Waals surface area contributed by atoms with Gasteiger partial charge in [-0.25, -0.2) is 0 Å². The van der Waals surface area contributed by atoms with Gasteiger partial charge in [0.2, 0.25) is 11.8 Å². The van der Waals surface area contributed by atoms with Gasteiger partial charge in [0.1, 0.15) is 6.61 Å². The molecule has 0 N–H and O–H groups in total. The topological polar surface area (TPSA) is 67.7 Å². The predicted molar refractivity (Wildman–Crippen MR) is 75.7 cm³/mol. The third-order valence-corrected chi connectivity index (χ3v) is 4.32. The summed E-state index contributed by atoms with van der Waals surface area (Å²) >= 11 is 0. The van der Waals surface area contributed by atoms with Crippen LogP contribution in [0.3, 0.4) is 0 Å². The summed E-state index contributed by atoms with van der Waals surface area (Å²) in [6, 6.07) is 0.141. The van der Waals surface area contributed by atoms with Gasteiger partial charge in [0.25, 0.3) is 0 Å². The van der Waals surface area contributed by atoms with Crippen molar-refractivity contribution >= 4 is 17.5 Å². The maximum atomic E-state index is 12.3. The van der Waals surface area contributed by atoms with Gasteiger partial charge in [0.15, 0.2) is 0 Å². The summed E-state index contributed by atoms with van der Waals surface area (Å²) in [7, 11) is 3.36. The zero-order chi connectivity index (χ0) is 15.0. The van der Waals surface area contributed by atoms with E-state index in [1.807, 2.05) is 23.0 Å². The summed E-state index contributed by atoms with van der Waals surface area (Å²) in [6.45, 7) is 0.783. The number of likely N-dealkylation sites (tertiary alicyclic amines) is 1. The highest BCUT2D eigenvalue weighted by atomic mass is 16.5. The van der Waals surface area contributed by atoms with Crippen LogP contribution in [0.5, 0.6) is 0 Å². The second-order valence-electron chi connectivity index (χ2n) is 5.62. The monoisotopic (exact) mass is 292 g/mol. The second kappa shape index (κ2) is 5.48. The largest absolute Gasteiger partial charge is 0.375 e. The molecular weight excluding hydrogens is 272 g/mol. The zero-order valence-corrected chi connectivity index (χ0v) is 12.4. The van der Waals surface area contributed by atoms with E-state index >= 15 is 0 Å². The van der Waals surface area contributed by atoms with E-state index in [-0.39, 0.29) is 30.5 Å². The third-order valence-electron chi connectivity index (χ3n) is 4.32. The molecule has 21 heavy (non-hydrogen) atoms. The van der Waals surface area contributed by atoms with E-state index in [9.17, 15) is 9.59 Å². The Hall–Kier alpha value is -1.89. The van der Waals surface area contributed by atoms with Gasteiger partial charge in [0, 0.05) is 33.3 Å². The highest BCUT2D eigenvalue weighted by Gasteiger charge is 2.45. The van der Waals surface area contributed by atoms with Gasteiger partial charge in [-0.2, -0.15) is 5.10 Å². The van der Waals surface area contributed by atoms with Crippen molar-refractivity contribution in [3.63, 3.8) is 0 Å². The molecule has 2 aliphatic rings. The number of anilines is 1. The van der Waals surface area contributed by atoms with Crippen LogP contribution in [0.4, 0.5) is 5.69 Å². The minimum atomic E-state index is 0.00508. The summed E-state index contributed by atoms with van der Waals surface area (Å²) in [5.74, 6) is 0.121. The molecule has 7 heteroatoms. The quantitative estimate of drug-likeness (QED) is 0.796. The smallest absolute Gasteiger partial charge is 0.248 e. The fourth-order valence-corrected chi connectivity index (χ4v) is 3.45. The molecule has 2 amide bonds. The van der Waals surface area contributed by atoms with Gasteiger partial charge in [-0.1, -0.05) is 0 Å². The lowest BCUT2D eigenvalue weighted by Gasteiger charge is -2.39. The Morgan fingerprint density at radius 3 is 2.90 bits per heavy atom. The van der Waals surface area contributed by atoms with E-state index in [0.717, 1.165) is 18.5 Å². The lowest BCUT2D eigenvalue weighted by atomic mass is 9.96. The normalized spacial score (nSPS) is 25.3. The Morgan fingerprint density at radius 1 is 1.43 bits per heavy atom. The van der Waals surface area contributed by atoms with Crippen LogP contribution in [-0.2, 0) is 21.4 Å². The van der Waals surface area contributed by atoms with Gasteiger partial charge in [-0.3, -0.25) is 14.3 Å². The average Bonchev–Trinajstić information content (AvgIpc) is 3.05. The molecule has 3 heterocycles. The molecule has 2 saturated heterocycles. The maximum Gasteiger partial charge on any atom is 0.248 e. The Kier molecular flexibility index (Phi) is 3.67. The first kappa shape index (κ1) is 14.1. The number of methoxy groups -OCH3 is 1. The van der Waals surface area contributed by atoms with Crippen molar-refractivity contribution in [2.75, 3.05) is 25.2 Å². The molecule has 0 saturated carbocycles. The lowest BCUT2D eigenvalue weighted by molar-refractivity contribution is -0.137. The van der Waals surface area contributed by atoms with Gasteiger partial charge in [-0.15, -0.1) is 0 Å². The summed E-state index contributed by atoms with van der Waals surface area (Å²) < 4.78 is 6.64. The van der Waals surface area contributed by atoms with Crippen LogP contribution in [0.15, 0.2) is 12.4 Å². The molecule has 3 rings (SSSR count). The summed E-state index contributed by atoms with van der Waals surface area (Å²) in [5.41, 5.74) is 0.818. The van der Waals surface area contributed by atoms with E-state index in [4.69, 9.17) is 4.74 Å². The molecule has 0 radical (unpaired) electrons. The number of hydrogen-bond donors (Lipinski definition) is 0. The number of rotatable bonds is 3. The zero-order valence-electron chi connectivity index (χ0n) is 12.4. The molecule has 1 aromatic rings. The lowest BCUT2D eigenvalue weighted by Crippen LogP contribution is -2.53. The number of piperidine rings is 1. The molecule has 0 unspecified atom stereocenters. The molecular formula is C14H20N4O3. The molecule has 0 aromatic carbocycles. The number of hydrogen-bond acceptors (Lipinski definition) is 4. The average molecular weight is 292 g/mol. The number of nitrogens with zero attached hydrogens (tertiary/aromatic N) is 4. The number of carbonyl (C=O) groups excluding carboxylic acids is 2. The second-order valence-corrected chi connectivity index (χ2v) is 5.62. The maximum absolute atomic E-state index is 12.3. The van der Waals surface area contributed by atoms with Gasteiger partial charge >= 0.3 is 0 Å². The standard InChI is InChI=1S/C14H20N4O3/c1-16-8-10(7-15-16)18-12-5-6-17(14(20)9-21-2)11(12)3-4-13(18)19/h7-8,11-12H,3-6,9H2,1-2H3/t11-,12-/m0/s1. The van der Waals surface area contributed by atoms with Crippen LogP contribution in [0.25, 0.3) is 0 Å². The van der Waals surface area contributed by atoms with Crippen molar-refractivity contribution in [1.29, 1.82) is 0 Å². The van der Waals surface area contributed by atoms with Crippen LogP contribution >= 0.6 is 0 Å². The van der Waals surface area contributed by atoms with Crippen LogP contribution in [0.2, 0.25) is 0 Å². The van der Waals surface area contributed by atoms with E-state index in [1.54, 1.807) is 10.9 Å². The molecule has 114 valence electrons. The SMILES string of the molecule is COCC(=O)N1CC[C@H]2[C@@H]1CCC(=O)N2c1cnn(C)c1. The molecule has 1 aromatic heterocycles. The van der Waals surface area contributed by atoms with Crippen LogP contribution in [0.1, 0.15) is 19.3 Å². The van der Waals surface area contributed by atoms with Crippen molar-refractivity contribution in [2.45, 2.75) is 31.3 Å². The first-order valence-electron chi connectivity index (χ1n) is 7.21. The van der Waals surface area contributed by atoms with Crippen molar-refractivity contribution in [1.82, 2.24) is 14.7 Å². The Bertz CT molecular complexity index is 556. The number of aromatic nitrogens is 2. The van der Waals surface area contributed by atoms with Crippen molar-refractivity contribution in [3.05, 3.63) is 12.4 Å². The first-order chi connectivity index (χ1) is 10.1. The third kappa shape index (κ3) is 2.42. The summed E-state index contributed by atoms with van der Waals surface area (Å²) in [5, 5.41) is 4.15. The fourth-order valence-electron chi connectivity index (χ4n) is 3.45. The Balaban J connectivity index is 1.83. The number of amides is 2. The highest BCUT2D eigenvalue weighted by molar-refractivity contribution is 5.95. The number of aryl methyl sites for hydroxylation is 1. The molecule has 0 bridgehead atoms. The van der Waals surface area contributed by atoms with Crippen molar-refractivity contribution < 1.29 is 14.3 Å². The first-order valence-corrected chi connectivity index (χ1v) is 7.21. The predicted octanol–water partition coefficient (Wildman–Crippen LogP) is 0.163. The van der Waals surface area contributed by atoms with Crippen molar-refractivity contribution in [2.24, 2.45) is 7.05 Å². The van der Waals surface area contributed by atoms with E-state index in [2.05, 4.69) is 5.10 Å². The van der Waals surface area contributed by atoms with Gasteiger partial charge < -0.3 is 14.5 Å². The number of carbonyl (C=O) groups is 2. The minimum absolute atomic E-state index is 0.00508. The van der Waals surface area contributed by atoms with Crippen LogP contribution in [0, 0.1) is 0 Å². The van der Waals surface area contributed by atoms with Crippen LogP contribution in [-0.4, -0.2) is 58.8 Å².